The third-order valence-corrected chi connectivity index (χ3v) is 5.06. The lowest BCUT2D eigenvalue weighted by Crippen LogP contribution is -2.55. The summed E-state index contributed by atoms with van der Waals surface area (Å²) in [4.78, 5) is 7.54. The number of nitrogens with one attached hydrogen (secondary N) is 1. The van der Waals surface area contributed by atoms with Gasteiger partial charge < -0.3 is 14.8 Å². The van der Waals surface area contributed by atoms with Crippen LogP contribution in [0.25, 0.3) is 10.9 Å². The van der Waals surface area contributed by atoms with Crippen LogP contribution in [-0.4, -0.2) is 34.7 Å². The molecular formula is C16H20N4. The van der Waals surface area contributed by atoms with Gasteiger partial charge in [0.15, 0.2) is 0 Å². The molecule has 104 valence electrons. The smallest absolute Gasteiger partial charge is 0.133 e. The predicted molar refractivity (Wildman–Crippen MR) is 80.3 cm³/mol. The molecule has 2 atom stereocenters. The molecule has 3 aliphatic rings. The summed E-state index contributed by atoms with van der Waals surface area (Å²) in [6.45, 7) is 4.46. The first-order valence-corrected chi connectivity index (χ1v) is 7.80. The molecule has 4 heteroatoms. The van der Waals surface area contributed by atoms with Crippen molar-refractivity contribution in [2.45, 2.75) is 44.3 Å². The highest BCUT2D eigenvalue weighted by atomic mass is 15.3. The second kappa shape index (κ2) is 3.76. The summed E-state index contributed by atoms with van der Waals surface area (Å²) >= 11 is 0. The van der Waals surface area contributed by atoms with Crippen LogP contribution in [0.5, 0.6) is 0 Å². The van der Waals surface area contributed by atoms with Crippen molar-refractivity contribution in [1.82, 2.24) is 14.9 Å². The summed E-state index contributed by atoms with van der Waals surface area (Å²) in [6, 6.07) is 4.26. The van der Waals surface area contributed by atoms with Crippen LogP contribution >= 0.6 is 0 Å². The van der Waals surface area contributed by atoms with Crippen molar-refractivity contribution in [1.29, 1.82) is 0 Å². The lowest BCUT2D eigenvalue weighted by Gasteiger charge is -2.37. The van der Waals surface area contributed by atoms with E-state index in [1.54, 1.807) is 0 Å². The summed E-state index contributed by atoms with van der Waals surface area (Å²) in [5, 5.41) is 4.85. The van der Waals surface area contributed by atoms with Crippen LogP contribution in [-0.2, 0) is 6.42 Å². The molecule has 0 spiro atoms. The van der Waals surface area contributed by atoms with E-state index in [0.717, 1.165) is 25.6 Å². The number of piperazine rings is 1. The van der Waals surface area contributed by atoms with E-state index in [0.29, 0.717) is 12.1 Å². The van der Waals surface area contributed by atoms with Gasteiger partial charge >= 0.3 is 0 Å². The monoisotopic (exact) mass is 268 g/mol. The van der Waals surface area contributed by atoms with Crippen molar-refractivity contribution < 1.29 is 0 Å². The molecule has 20 heavy (non-hydrogen) atoms. The third kappa shape index (κ3) is 1.48. The quantitative estimate of drug-likeness (QED) is 0.860. The van der Waals surface area contributed by atoms with E-state index in [9.17, 15) is 0 Å². The lowest BCUT2D eigenvalue weighted by molar-refractivity contribution is 0.428. The maximum absolute atomic E-state index is 5.00. The van der Waals surface area contributed by atoms with Crippen LogP contribution < -0.4 is 10.2 Å². The van der Waals surface area contributed by atoms with Gasteiger partial charge in [-0.2, -0.15) is 0 Å². The molecule has 0 radical (unpaired) electrons. The Bertz CT molecular complexity index is 685. The minimum absolute atomic E-state index is 0.547. The highest BCUT2D eigenvalue weighted by Crippen LogP contribution is 2.39. The second-order valence-electron chi connectivity index (χ2n) is 6.65. The van der Waals surface area contributed by atoms with Crippen molar-refractivity contribution >= 4 is 16.7 Å². The normalized spacial score (nSPS) is 28.8. The van der Waals surface area contributed by atoms with Crippen LogP contribution in [0, 0.1) is 0 Å². The first-order chi connectivity index (χ1) is 9.79. The summed E-state index contributed by atoms with van der Waals surface area (Å²) in [5.74, 6) is 1.24. The zero-order valence-corrected chi connectivity index (χ0v) is 11.8. The van der Waals surface area contributed by atoms with E-state index in [4.69, 9.17) is 4.98 Å². The molecule has 1 saturated carbocycles. The molecule has 5 rings (SSSR count). The fourth-order valence-electron chi connectivity index (χ4n) is 3.90. The number of aromatic nitrogens is 2. The molecule has 2 unspecified atom stereocenters. The zero-order valence-electron chi connectivity index (χ0n) is 11.8. The number of rotatable bonds is 1. The molecule has 1 saturated heterocycles. The van der Waals surface area contributed by atoms with E-state index in [-0.39, 0.29) is 0 Å². The maximum atomic E-state index is 5.00. The Morgan fingerprint density at radius 2 is 2.10 bits per heavy atom. The van der Waals surface area contributed by atoms with Gasteiger partial charge in [-0.05, 0) is 37.8 Å². The van der Waals surface area contributed by atoms with Gasteiger partial charge in [-0.1, -0.05) is 0 Å². The Hall–Kier alpha value is -1.55. The van der Waals surface area contributed by atoms with Crippen LogP contribution in [0.15, 0.2) is 18.5 Å². The molecule has 1 aliphatic carbocycles. The van der Waals surface area contributed by atoms with Gasteiger partial charge in [0, 0.05) is 49.0 Å². The van der Waals surface area contributed by atoms with Crippen molar-refractivity contribution in [2.24, 2.45) is 0 Å². The van der Waals surface area contributed by atoms with Gasteiger partial charge in [0.25, 0.3) is 0 Å². The number of nitrogens with zero attached hydrogens (tertiary/aromatic N) is 3. The van der Waals surface area contributed by atoms with Gasteiger partial charge in [-0.3, -0.25) is 0 Å². The van der Waals surface area contributed by atoms with E-state index in [1.165, 1.54) is 35.1 Å². The number of anilines is 1. The summed E-state index contributed by atoms with van der Waals surface area (Å²) in [6.07, 6.45) is 8.34. The highest BCUT2D eigenvalue weighted by molar-refractivity contribution is 5.83. The van der Waals surface area contributed by atoms with E-state index in [1.807, 2.05) is 0 Å². The summed E-state index contributed by atoms with van der Waals surface area (Å²) in [7, 11) is 0. The fraction of sp³-hybridized carbons (Fsp3) is 0.562. The Morgan fingerprint density at radius 3 is 2.95 bits per heavy atom. The van der Waals surface area contributed by atoms with E-state index in [2.05, 4.69) is 40.2 Å². The van der Waals surface area contributed by atoms with E-state index < -0.39 is 0 Å². The molecule has 0 amide bonds. The highest BCUT2D eigenvalue weighted by Gasteiger charge is 2.36. The average molecular weight is 268 g/mol. The molecule has 2 fully saturated rings. The minimum Gasteiger partial charge on any atom is -0.348 e. The molecule has 4 heterocycles. The third-order valence-electron chi connectivity index (χ3n) is 5.06. The zero-order chi connectivity index (χ0) is 13.3. The van der Waals surface area contributed by atoms with Crippen LogP contribution in [0.3, 0.4) is 0 Å². The van der Waals surface area contributed by atoms with Gasteiger partial charge in [0.2, 0.25) is 0 Å². The molecule has 0 aromatic carbocycles. The Kier molecular flexibility index (Phi) is 2.09. The fourth-order valence-corrected chi connectivity index (χ4v) is 3.90. The summed E-state index contributed by atoms with van der Waals surface area (Å²) in [5.41, 5.74) is 2.61. The van der Waals surface area contributed by atoms with Gasteiger partial charge in [0.05, 0.1) is 5.52 Å². The molecule has 2 aromatic rings. The molecule has 0 bridgehead atoms. The Balaban J connectivity index is 1.63. The van der Waals surface area contributed by atoms with Gasteiger partial charge in [-0.25, -0.2) is 4.98 Å². The number of hydrogen-bond acceptors (Lipinski definition) is 3. The Morgan fingerprint density at radius 1 is 1.20 bits per heavy atom. The number of pyridine rings is 1. The Labute approximate surface area is 118 Å². The van der Waals surface area contributed by atoms with Crippen molar-refractivity contribution in [3.63, 3.8) is 0 Å². The van der Waals surface area contributed by atoms with Gasteiger partial charge in [-0.15, -0.1) is 0 Å². The first kappa shape index (κ1) is 11.1. The molecule has 2 aromatic heterocycles. The lowest BCUT2D eigenvalue weighted by atomic mass is 10.1. The molecule has 2 aliphatic heterocycles. The molecule has 4 nitrogen and oxygen atoms in total. The number of hydrogen-bond donors (Lipinski definition) is 1. The standard InChI is InChI=1S/C16H20N4/c1-10-6-17-7-14-5-11-4-12-8-19(13-2-3-13)9-15(12)18-16(11)20(10)14/h4,8-10,13-14,17H,2-3,5-7H2,1H3. The van der Waals surface area contributed by atoms with Gasteiger partial charge in [0.1, 0.15) is 5.82 Å². The predicted octanol–water partition coefficient (Wildman–Crippen LogP) is 2.09. The molecular weight excluding hydrogens is 248 g/mol. The minimum atomic E-state index is 0.547. The first-order valence-electron chi connectivity index (χ1n) is 7.80. The summed E-state index contributed by atoms with van der Waals surface area (Å²) < 4.78 is 2.37. The number of fused-ring (bicyclic) bond motifs is 4. The van der Waals surface area contributed by atoms with Crippen molar-refractivity contribution in [3.05, 3.63) is 24.0 Å². The van der Waals surface area contributed by atoms with Crippen LogP contribution in [0.2, 0.25) is 0 Å². The van der Waals surface area contributed by atoms with Crippen molar-refractivity contribution in [2.75, 3.05) is 18.0 Å². The average Bonchev–Trinajstić information content (AvgIpc) is 3.10. The maximum Gasteiger partial charge on any atom is 0.133 e. The topological polar surface area (TPSA) is 33.1 Å². The van der Waals surface area contributed by atoms with Crippen LogP contribution in [0.4, 0.5) is 5.82 Å². The SMILES string of the molecule is CC1CNCC2Cc3cc4cn(C5CC5)cc4nc3N12. The second-order valence-corrected chi connectivity index (χ2v) is 6.65. The molecule has 1 N–H and O–H groups in total. The van der Waals surface area contributed by atoms with E-state index >= 15 is 0 Å². The van der Waals surface area contributed by atoms with Crippen LogP contribution in [0.1, 0.15) is 31.4 Å². The largest absolute Gasteiger partial charge is 0.348 e. The van der Waals surface area contributed by atoms with Crippen molar-refractivity contribution in [3.8, 4) is 0 Å².